The van der Waals surface area contributed by atoms with Gasteiger partial charge < -0.3 is 5.32 Å². The lowest BCUT2D eigenvalue weighted by molar-refractivity contribution is -0.121. The molecule has 1 saturated heterocycles. The molecule has 3 amide bonds. The molecule has 1 fully saturated rings. The Morgan fingerprint density at radius 2 is 1.94 bits per heavy atom. The van der Waals surface area contributed by atoms with E-state index in [1.807, 2.05) is 0 Å². The van der Waals surface area contributed by atoms with Crippen LogP contribution in [-0.2, 0) is 4.79 Å². The predicted octanol–water partition coefficient (Wildman–Crippen LogP) is 2.52. The van der Waals surface area contributed by atoms with Gasteiger partial charge in [-0.15, -0.1) is 0 Å². The number of nitrogens with one attached hydrogen (secondary N) is 1. The summed E-state index contributed by atoms with van der Waals surface area (Å²) in [5.74, 6) is -0.374. The molecule has 1 aromatic carbocycles. The summed E-state index contributed by atoms with van der Waals surface area (Å²) >= 11 is 11.6. The molecule has 0 atom stereocenters. The molecule has 0 unspecified atom stereocenters. The van der Waals surface area contributed by atoms with Crippen LogP contribution in [0.25, 0.3) is 6.08 Å². The molecule has 0 spiro atoms. The Balaban J connectivity index is 2.34. The summed E-state index contributed by atoms with van der Waals surface area (Å²) in [5.41, 5.74) is 0.911. The molecule has 17 heavy (non-hydrogen) atoms. The standard InChI is InChI=1S/C11H8Cl2N2O2/c1-15-10(16)9(14-11(15)17)5-6-2-3-7(12)8(13)4-6/h2-5H,1H3,(H,14,17)/b9-5+. The van der Waals surface area contributed by atoms with Gasteiger partial charge in [0.2, 0.25) is 0 Å². The smallest absolute Gasteiger partial charge is 0.303 e. The van der Waals surface area contributed by atoms with Crippen LogP contribution in [0, 0.1) is 0 Å². The van der Waals surface area contributed by atoms with Gasteiger partial charge in [0.15, 0.2) is 0 Å². The second-order valence-electron chi connectivity index (χ2n) is 3.53. The summed E-state index contributed by atoms with van der Waals surface area (Å²) in [6.45, 7) is 0. The van der Waals surface area contributed by atoms with Gasteiger partial charge in [-0.25, -0.2) is 4.79 Å². The SMILES string of the molecule is CN1C(=O)N/C(=C/c2ccc(Cl)c(Cl)c2)C1=O. The van der Waals surface area contributed by atoms with Crippen molar-refractivity contribution >= 4 is 41.2 Å². The van der Waals surface area contributed by atoms with Crippen molar-refractivity contribution in [1.82, 2.24) is 10.2 Å². The first kappa shape index (κ1) is 12.0. The Morgan fingerprint density at radius 1 is 1.24 bits per heavy atom. The van der Waals surface area contributed by atoms with Crippen LogP contribution in [-0.4, -0.2) is 23.9 Å². The molecule has 0 aromatic heterocycles. The molecule has 1 N–H and O–H groups in total. The number of hydrogen-bond donors (Lipinski definition) is 1. The van der Waals surface area contributed by atoms with E-state index >= 15 is 0 Å². The van der Waals surface area contributed by atoms with Crippen LogP contribution in [0.2, 0.25) is 10.0 Å². The lowest BCUT2D eigenvalue weighted by Gasteiger charge is -2.00. The van der Waals surface area contributed by atoms with Gasteiger partial charge in [0.25, 0.3) is 5.91 Å². The normalized spacial score (nSPS) is 17.8. The molecule has 0 bridgehead atoms. The number of likely N-dealkylation sites (N-methyl/N-ethyl adjacent to an activating group) is 1. The first-order chi connectivity index (χ1) is 7.99. The minimum absolute atomic E-state index is 0.218. The van der Waals surface area contributed by atoms with E-state index in [4.69, 9.17) is 23.2 Å². The molecular weight excluding hydrogens is 263 g/mol. The Labute approximate surface area is 108 Å². The number of halogens is 2. The van der Waals surface area contributed by atoms with Crippen molar-refractivity contribution in [2.24, 2.45) is 0 Å². The largest absolute Gasteiger partial charge is 0.328 e. The molecule has 0 saturated carbocycles. The van der Waals surface area contributed by atoms with Crippen molar-refractivity contribution in [2.75, 3.05) is 7.05 Å². The summed E-state index contributed by atoms with van der Waals surface area (Å²) in [6, 6.07) is 4.51. The third-order valence-electron chi connectivity index (χ3n) is 2.34. The van der Waals surface area contributed by atoms with Crippen LogP contribution in [0.15, 0.2) is 23.9 Å². The number of amides is 3. The van der Waals surface area contributed by atoms with Crippen molar-refractivity contribution in [1.29, 1.82) is 0 Å². The molecule has 0 radical (unpaired) electrons. The summed E-state index contributed by atoms with van der Waals surface area (Å²) in [4.78, 5) is 23.8. The zero-order valence-electron chi connectivity index (χ0n) is 8.83. The van der Waals surface area contributed by atoms with Crippen LogP contribution >= 0.6 is 23.2 Å². The van der Waals surface area contributed by atoms with Gasteiger partial charge >= 0.3 is 6.03 Å². The molecule has 2 rings (SSSR count). The summed E-state index contributed by atoms with van der Waals surface area (Å²) in [6.07, 6.45) is 1.55. The summed E-state index contributed by atoms with van der Waals surface area (Å²) in [5, 5.41) is 3.29. The van der Waals surface area contributed by atoms with E-state index in [-0.39, 0.29) is 11.6 Å². The average Bonchev–Trinajstić information content (AvgIpc) is 2.52. The van der Waals surface area contributed by atoms with Crippen LogP contribution in [0.1, 0.15) is 5.56 Å². The number of carbonyl (C=O) groups is 2. The Hall–Kier alpha value is -1.52. The zero-order chi connectivity index (χ0) is 12.6. The van der Waals surface area contributed by atoms with Gasteiger partial charge in [-0.2, -0.15) is 0 Å². The van der Waals surface area contributed by atoms with E-state index in [1.54, 1.807) is 24.3 Å². The molecule has 1 aromatic rings. The van der Waals surface area contributed by atoms with Crippen molar-refractivity contribution in [2.45, 2.75) is 0 Å². The van der Waals surface area contributed by atoms with Gasteiger partial charge in [0.05, 0.1) is 10.0 Å². The molecule has 0 aliphatic carbocycles. The maximum absolute atomic E-state index is 11.6. The predicted molar refractivity (Wildman–Crippen MR) is 65.7 cm³/mol. The van der Waals surface area contributed by atoms with Crippen molar-refractivity contribution in [3.8, 4) is 0 Å². The number of urea groups is 1. The lowest BCUT2D eigenvalue weighted by atomic mass is 10.2. The zero-order valence-corrected chi connectivity index (χ0v) is 10.3. The van der Waals surface area contributed by atoms with Crippen molar-refractivity contribution < 1.29 is 9.59 Å². The summed E-state index contributed by atoms with van der Waals surface area (Å²) < 4.78 is 0. The number of carbonyl (C=O) groups excluding carboxylic acids is 2. The Kier molecular flexibility index (Phi) is 3.09. The molecular formula is C11H8Cl2N2O2. The van der Waals surface area contributed by atoms with Crippen LogP contribution in [0.4, 0.5) is 4.79 Å². The van der Waals surface area contributed by atoms with Gasteiger partial charge in [-0.05, 0) is 23.8 Å². The molecule has 6 heteroatoms. The second kappa shape index (κ2) is 4.39. The topological polar surface area (TPSA) is 49.4 Å². The maximum Gasteiger partial charge on any atom is 0.328 e. The first-order valence-electron chi connectivity index (χ1n) is 4.75. The lowest BCUT2D eigenvalue weighted by Crippen LogP contribution is -2.25. The van der Waals surface area contributed by atoms with Crippen LogP contribution in [0.3, 0.4) is 0 Å². The van der Waals surface area contributed by atoms with Crippen LogP contribution < -0.4 is 5.32 Å². The molecule has 88 valence electrons. The number of rotatable bonds is 1. The highest BCUT2D eigenvalue weighted by atomic mass is 35.5. The van der Waals surface area contributed by atoms with E-state index < -0.39 is 6.03 Å². The van der Waals surface area contributed by atoms with Gasteiger partial charge in [-0.1, -0.05) is 29.3 Å². The quantitative estimate of drug-likeness (QED) is 0.630. The van der Waals surface area contributed by atoms with E-state index in [0.29, 0.717) is 15.6 Å². The van der Waals surface area contributed by atoms with Crippen molar-refractivity contribution in [3.05, 3.63) is 39.5 Å². The molecule has 1 aliphatic rings. The minimum Gasteiger partial charge on any atom is -0.303 e. The number of benzene rings is 1. The number of nitrogens with zero attached hydrogens (tertiary/aromatic N) is 1. The van der Waals surface area contributed by atoms with E-state index in [9.17, 15) is 9.59 Å². The fourth-order valence-corrected chi connectivity index (χ4v) is 1.70. The van der Waals surface area contributed by atoms with E-state index in [1.165, 1.54) is 7.05 Å². The van der Waals surface area contributed by atoms with Crippen LogP contribution in [0.5, 0.6) is 0 Å². The van der Waals surface area contributed by atoms with E-state index in [2.05, 4.69) is 5.32 Å². The number of imide groups is 1. The molecule has 1 aliphatic heterocycles. The highest BCUT2D eigenvalue weighted by molar-refractivity contribution is 6.42. The fraction of sp³-hybridized carbons (Fsp3) is 0.0909. The average molecular weight is 271 g/mol. The van der Waals surface area contributed by atoms with E-state index in [0.717, 1.165) is 4.90 Å². The van der Waals surface area contributed by atoms with Gasteiger partial charge in [0.1, 0.15) is 5.70 Å². The number of hydrogen-bond acceptors (Lipinski definition) is 2. The molecule has 1 heterocycles. The third kappa shape index (κ3) is 2.28. The van der Waals surface area contributed by atoms with Crippen molar-refractivity contribution in [3.63, 3.8) is 0 Å². The third-order valence-corrected chi connectivity index (χ3v) is 3.07. The minimum atomic E-state index is -0.443. The first-order valence-corrected chi connectivity index (χ1v) is 5.50. The fourth-order valence-electron chi connectivity index (χ4n) is 1.39. The Morgan fingerprint density at radius 3 is 2.47 bits per heavy atom. The van der Waals surface area contributed by atoms with Gasteiger partial charge in [0, 0.05) is 7.05 Å². The highest BCUT2D eigenvalue weighted by Gasteiger charge is 2.29. The summed E-state index contributed by atoms with van der Waals surface area (Å²) in [7, 11) is 1.41. The highest BCUT2D eigenvalue weighted by Crippen LogP contribution is 2.24. The monoisotopic (exact) mass is 270 g/mol. The maximum atomic E-state index is 11.6. The van der Waals surface area contributed by atoms with Gasteiger partial charge in [-0.3, -0.25) is 9.69 Å². The second-order valence-corrected chi connectivity index (χ2v) is 4.34. The molecule has 4 nitrogen and oxygen atoms in total. The Bertz CT molecular complexity index is 540.